The highest BCUT2D eigenvalue weighted by Crippen LogP contribution is 2.42. The predicted octanol–water partition coefficient (Wildman–Crippen LogP) is -2.38. The molecule has 6 atom stereocenters. The highest BCUT2D eigenvalue weighted by molar-refractivity contribution is 6.11. The van der Waals surface area contributed by atoms with Crippen LogP contribution in [0.3, 0.4) is 0 Å². The van der Waals surface area contributed by atoms with Crippen LogP contribution in [0, 0.1) is 5.41 Å². The van der Waals surface area contributed by atoms with Crippen LogP contribution in [0.15, 0.2) is 11.8 Å². The molecule has 2 heterocycles. The van der Waals surface area contributed by atoms with Crippen LogP contribution in [0.4, 0.5) is 0 Å². The summed E-state index contributed by atoms with van der Waals surface area (Å²) in [5, 5.41) is 29.6. The van der Waals surface area contributed by atoms with E-state index in [9.17, 15) is 34.5 Å². The molecular formula is C17H24N2O8. The first-order valence-electron chi connectivity index (χ1n) is 8.42. The van der Waals surface area contributed by atoms with Gasteiger partial charge in [-0.25, -0.2) is 0 Å². The number of primary amides is 1. The number of nitrogens with zero attached hydrogens (tertiary/aromatic N) is 1. The summed E-state index contributed by atoms with van der Waals surface area (Å²) in [6.07, 6.45) is -4.68. The molecule has 2 rings (SSSR count). The lowest BCUT2D eigenvalue weighted by atomic mass is 9.67. The third kappa shape index (κ3) is 3.29. The lowest BCUT2D eigenvalue weighted by Gasteiger charge is -2.47. The summed E-state index contributed by atoms with van der Waals surface area (Å²) in [6.45, 7) is 2.86. The number of ketones is 3. The van der Waals surface area contributed by atoms with E-state index in [0.717, 1.165) is 18.7 Å². The quantitative estimate of drug-likeness (QED) is 0.366. The smallest absolute Gasteiger partial charge is 0.234 e. The van der Waals surface area contributed by atoms with Crippen molar-refractivity contribution in [2.45, 2.75) is 57.8 Å². The Hall–Kier alpha value is -2.14. The molecule has 10 nitrogen and oxygen atoms in total. The van der Waals surface area contributed by atoms with Gasteiger partial charge in [-0.1, -0.05) is 0 Å². The van der Waals surface area contributed by atoms with Gasteiger partial charge in [0.25, 0.3) is 0 Å². The molecule has 0 aromatic carbocycles. The summed E-state index contributed by atoms with van der Waals surface area (Å²) in [4.78, 5) is 50.3. The highest BCUT2D eigenvalue weighted by atomic mass is 16.6. The van der Waals surface area contributed by atoms with Gasteiger partial charge in [-0.2, -0.15) is 0 Å². The van der Waals surface area contributed by atoms with Crippen molar-refractivity contribution in [1.29, 1.82) is 0 Å². The molecule has 1 amide bonds. The van der Waals surface area contributed by atoms with Gasteiger partial charge in [-0.15, -0.1) is 0 Å². The van der Waals surface area contributed by atoms with E-state index in [4.69, 9.17) is 10.5 Å². The van der Waals surface area contributed by atoms with E-state index in [-0.39, 0.29) is 12.0 Å². The second kappa shape index (κ2) is 7.47. The van der Waals surface area contributed by atoms with Gasteiger partial charge in [-0.05, 0) is 20.8 Å². The van der Waals surface area contributed by atoms with Gasteiger partial charge in [0.2, 0.25) is 5.91 Å². The number of allylic oxidation sites excluding steroid dienone is 1. The summed E-state index contributed by atoms with van der Waals surface area (Å²) in [6, 6.07) is -1.44. The Bertz CT molecular complexity index is 689. The van der Waals surface area contributed by atoms with Crippen molar-refractivity contribution in [3.05, 3.63) is 11.8 Å². The van der Waals surface area contributed by atoms with E-state index in [1.54, 1.807) is 0 Å². The predicted molar refractivity (Wildman–Crippen MR) is 89.8 cm³/mol. The molecule has 0 aliphatic carbocycles. The first kappa shape index (κ1) is 21.2. The van der Waals surface area contributed by atoms with Crippen molar-refractivity contribution in [2.24, 2.45) is 11.1 Å². The van der Waals surface area contributed by atoms with E-state index in [1.165, 1.54) is 13.1 Å². The molecule has 2 aliphatic heterocycles. The Balaban J connectivity index is 2.67. The Labute approximate surface area is 155 Å². The Morgan fingerprint density at radius 2 is 1.81 bits per heavy atom. The molecule has 0 saturated carbocycles. The van der Waals surface area contributed by atoms with Crippen molar-refractivity contribution in [2.75, 3.05) is 6.61 Å². The summed E-state index contributed by atoms with van der Waals surface area (Å²) in [5.74, 6) is -2.86. The van der Waals surface area contributed by atoms with Gasteiger partial charge in [-0.3, -0.25) is 19.2 Å². The minimum Gasteiger partial charge on any atom is -0.394 e. The number of carbonyl (C=O) groups excluding carboxylic acids is 4. The van der Waals surface area contributed by atoms with Gasteiger partial charge in [0.05, 0.1) is 6.61 Å². The zero-order valence-electron chi connectivity index (χ0n) is 15.3. The fraction of sp³-hybridized carbons (Fsp3) is 0.647. The second-order valence-corrected chi connectivity index (χ2v) is 6.97. The molecule has 150 valence electrons. The molecule has 0 aromatic rings. The maximum atomic E-state index is 12.5. The van der Waals surface area contributed by atoms with E-state index in [0.29, 0.717) is 0 Å². The Kier molecular flexibility index (Phi) is 5.85. The van der Waals surface area contributed by atoms with E-state index in [1.807, 2.05) is 0 Å². The third-order valence-electron chi connectivity index (χ3n) is 5.26. The molecular weight excluding hydrogens is 360 g/mol. The number of rotatable bonds is 6. The lowest BCUT2D eigenvalue weighted by Crippen LogP contribution is -2.65. The fourth-order valence-corrected chi connectivity index (χ4v) is 3.78. The van der Waals surface area contributed by atoms with Gasteiger partial charge >= 0.3 is 0 Å². The zero-order chi connectivity index (χ0) is 20.7. The maximum Gasteiger partial charge on any atom is 0.234 e. The topological polar surface area (TPSA) is 167 Å². The summed E-state index contributed by atoms with van der Waals surface area (Å²) in [5.41, 5.74) is 3.51. The van der Waals surface area contributed by atoms with Gasteiger partial charge in [0, 0.05) is 18.2 Å². The molecule has 10 heteroatoms. The van der Waals surface area contributed by atoms with Crippen molar-refractivity contribution in [1.82, 2.24) is 4.90 Å². The first-order chi connectivity index (χ1) is 12.5. The number of aliphatic hydroxyl groups excluding tert-OH is 3. The Morgan fingerprint density at radius 1 is 1.22 bits per heavy atom. The van der Waals surface area contributed by atoms with Crippen molar-refractivity contribution in [3.8, 4) is 0 Å². The fourth-order valence-electron chi connectivity index (χ4n) is 3.78. The molecule has 0 aromatic heterocycles. The number of carbonyl (C=O) groups is 4. The second-order valence-electron chi connectivity index (χ2n) is 6.97. The normalized spacial score (nSPS) is 36.3. The van der Waals surface area contributed by atoms with Crippen molar-refractivity contribution >= 4 is 23.3 Å². The van der Waals surface area contributed by atoms with Crippen LogP contribution in [0.25, 0.3) is 0 Å². The minimum absolute atomic E-state index is 0.0410. The number of aliphatic hydroxyl groups is 3. The number of amides is 1. The van der Waals surface area contributed by atoms with Crippen LogP contribution in [-0.2, 0) is 23.9 Å². The van der Waals surface area contributed by atoms with Gasteiger partial charge in [0.1, 0.15) is 35.6 Å². The number of hydrogen-bond acceptors (Lipinski definition) is 9. The molecule has 2 aliphatic rings. The van der Waals surface area contributed by atoms with E-state index in [2.05, 4.69) is 0 Å². The van der Waals surface area contributed by atoms with Gasteiger partial charge in [0.15, 0.2) is 17.8 Å². The molecule has 3 unspecified atom stereocenters. The highest BCUT2D eigenvalue weighted by Gasteiger charge is 2.59. The number of ether oxygens (including phenoxy) is 1. The minimum atomic E-state index is -2.03. The number of nitrogens with two attached hydrogens (primary N) is 1. The SMILES string of the molecule is CC(=O)C1=CN(C2O[C@H](CO)[C@@H](O)[C@H]2O)C(C(C)=O)C(C(C)=O)(C(N)=O)C1. The van der Waals surface area contributed by atoms with Crippen LogP contribution >= 0.6 is 0 Å². The lowest BCUT2D eigenvalue weighted by molar-refractivity contribution is -0.161. The number of Topliss-reactive ketones (excluding diaryl/α,β-unsaturated/α-hetero) is 3. The average molecular weight is 384 g/mol. The standard InChI is InChI=1S/C17H24N2O8/c1-7(21)10-4-17(9(3)23,16(18)26)14(8(2)22)19(5-10)15-13(25)12(24)11(6-20)27-15/h5,11-15,20,24-25H,4,6H2,1-3H3,(H2,18,26)/t11-,12-,13-,14?,15?,17?/m1/s1. The third-order valence-corrected chi connectivity index (χ3v) is 5.26. The largest absolute Gasteiger partial charge is 0.394 e. The molecule has 0 bridgehead atoms. The molecule has 27 heavy (non-hydrogen) atoms. The molecule has 0 spiro atoms. The first-order valence-corrected chi connectivity index (χ1v) is 8.42. The monoisotopic (exact) mass is 384 g/mol. The molecule has 5 N–H and O–H groups in total. The molecule has 0 radical (unpaired) electrons. The number of hydrogen-bond donors (Lipinski definition) is 4. The summed E-state index contributed by atoms with van der Waals surface area (Å²) >= 11 is 0. The zero-order valence-corrected chi connectivity index (χ0v) is 15.3. The van der Waals surface area contributed by atoms with Crippen LogP contribution in [0.2, 0.25) is 0 Å². The van der Waals surface area contributed by atoms with Gasteiger partial charge < -0.3 is 30.7 Å². The average Bonchev–Trinajstić information content (AvgIpc) is 2.87. The van der Waals surface area contributed by atoms with Crippen LogP contribution in [0.1, 0.15) is 27.2 Å². The van der Waals surface area contributed by atoms with Crippen LogP contribution in [-0.4, -0.2) is 80.7 Å². The molecule has 1 saturated heterocycles. The maximum absolute atomic E-state index is 12.5. The van der Waals surface area contributed by atoms with Crippen molar-refractivity contribution < 1.29 is 39.2 Å². The van der Waals surface area contributed by atoms with E-state index >= 15 is 0 Å². The molecule has 1 fully saturated rings. The van der Waals surface area contributed by atoms with Crippen molar-refractivity contribution in [3.63, 3.8) is 0 Å². The summed E-state index contributed by atoms with van der Waals surface area (Å²) < 4.78 is 5.44. The van der Waals surface area contributed by atoms with Crippen LogP contribution < -0.4 is 5.73 Å². The van der Waals surface area contributed by atoms with E-state index < -0.39 is 65.9 Å². The summed E-state index contributed by atoms with van der Waals surface area (Å²) in [7, 11) is 0. The Morgan fingerprint density at radius 3 is 2.19 bits per heavy atom. The van der Waals surface area contributed by atoms with Crippen LogP contribution in [0.5, 0.6) is 0 Å².